The average Bonchev–Trinajstić information content (AvgIpc) is 3.19. The second-order valence-corrected chi connectivity index (χ2v) is 6.73. The van der Waals surface area contributed by atoms with Crippen molar-refractivity contribution in [2.75, 3.05) is 19.6 Å². The molecule has 0 radical (unpaired) electrons. The third-order valence-corrected chi connectivity index (χ3v) is 4.97. The number of amides is 1. The van der Waals surface area contributed by atoms with Gasteiger partial charge in [-0.25, -0.2) is 0 Å². The number of likely N-dealkylation sites (tertiary alicyclic amines) is 1. The highest BCUT2D eigenvalue weighted by Crippen LogP contribution is 2.27. The summed E-state index contributed by atoms with van der Waals surface area (Å²) in [5, 5.41) is 3.92. The van der Waals surface area contributed by atoms with E-state index in [-0.39, 0.29) is 11.9 Å². The highest BCUT2D eigenvalue weighted by Gasteiger charge is 2.31. The molecular weight excluding hydrogens is 280 g/mol. The number of nitrogens with zero attached hydrogens (tertiary/aromatic N) is 4. The smallest absolute Gasteiger partial charge is 0.223 e. The van der Waals surface area contributed by atoms with Crippen molar-refractivity contribution in [3.05, 3.63) is 11.7 Å². The van der Waals surface area contributed by atoms with Crippen molar-refractivity contribution in [1.82, 2.24) is 19.9 Å². The molecule has 1 aliphatic heterocycles. The van der Waals surface area contributed by atoms with E-state index < -0.39 is 0 Å². The highest BCUT2D eigenvalue weighted by atomic mass is 16.5. The van der Waals surface area contributed by atoms with E-state index in [1.807, 2.05) is 4.90 Å². The minimum absolute atomic E-state index is 0.0927. The second kappa shape index (κ2) is 6.77. The maximum absolute atomic E-state index is 12.0. The first-order valence-electron chi connectivity index (χ1n) is 8.40. The predicted molar refractivity (Wildman–Crippen MR) is 82.1 cm³/mol. The number of aryl methyl sites for hydroxylation is 1. The SMILES string of the molecule is CC(=O)N(Cc1noc(C)n1)[C@H]1CCN(CC2CCCC2)C1. The first-order valence-corrected chi connectivity index (χ1v) is 8.40. The lowest BCUT2D eigenvalue weighted by Gasteiger charge is -2.27. The fraction of sp³-hybridized carbons (Fsp3) is 0.812. The molecule has 6 nitrogen and oxygen atoms in total. The molecule has 2 heterocycles. The van der Waals surface area contributed by atoms with E-state index >= 15 is 0 Å². The molecule has 0 unspecified atom stereocenters. The summed E-state index contributed by atoms with van der Waals surface area (Å²) < 4.78 is 5.01. The number of carbonyl (C=O) groups is 1. The molecule has 3 rings (SSSR count). The molecule has 0 bridgehead atoms. The quantitative estimate of drug-likeness (QED) is 0.832. The molecule has 1 saturated heterocycles. The van der Waals surface area contributed by atoms with Crippen molar-refractivity contribution in [3.8, 4) is 0 Å². The summed E-state index contributed by atoms with van der Waals surface area (Å²) in [4.78, 5) is 20.7. The van der Waals surface area contributed by atoms with E-state index in [4.69, 9.17) is 4.52 Å². The summed E-state index contributed by atoms with van der Waals surface area (Å²) in [6.07, 6.45) is 6.57. The first kappa shape index (κ1) is 15.5. The van der Waals surface area contributed by atoms with Crippen LogP contribution in [0.5, 0.6) is 0 Å². The van der Waals surface area contributed by atoms with E-state index in [1.165, 1.54) is 32.2 Å². The van der Waals surface area contributed by atoms with Crippen LogP contribution in [0.15, 0.2) is 4.52 Å². The Balaban J connectivity index is 1.57. The van der Waals surface area contributed by atoms with Crippen LogP contribution in [-0.2, 0) is 11.3 Å². The van der Waals surface area contributed by atoms with E-state index in [0.29, 0.717) is 18.3 Å². The van der Waals surface area contributed by atoms with Crippen LogP contribution >= 0.6 is 0 Å². The van der Waals surface area contributed by atoms with Gasteiger partial charge in [0.05, 0.1) is 6.54 Å². The van der Waals surface area contributed by atoms with Gasteiger partial charge in [0.15, 0.2) is 5.82 Å². The third-order valence-electron chi connectivity index (χ3n) is 4.97. The van der Waals surface area contributed by atoms with Crippen molar-refractivity contribution in [3.63, 3.8) is 0 Å². The Kier molecular flexibility index (Phi) is 4.76. The lowest BCUT2D eigenvalue weighted by Crippen LogP contribution is -2.41. The Morgan fingerprint density at radius 3 is 2.77 bits per heavy atom. The number of hydrogen-bond donors (Lipinski definition) is 0. The van der Waals surface area contributed by atoms with Gasteiger partial charge in [-0.15, -0.1) is 0 Å². The predicted octanol–water partition coefficient (Wildman–Crippen LogP) is 1.99. The molecule has 22 heavy (non-hydrogen) atoms. The minimum atomic E-state index is 0.0927. The fourth-order valence-corrected chi connectivity index (χ4v) is 3.85. The molecule has 1 aliphatic carbocycles. The van der Waals surface area contributed by atoms with Crippen molar-refractivity contribution in [1.29, 1.82) is 0 Å². The van der Waals surface area contributed by atoms with Crippen molar-refractivity contribution in [2.24, 2.45) is 5.92 Å². The molecule has 1 amide bonds. The van der Waals surface area contributed by atoms with Crippen LogP contribution in [0, 0.1) is 12.8 Å². The Labute approximate surface area is 131 Å². The van der Waals surface area contributed by atoms with Crippen LogP contribution in [0.2, 0.25) is 0 Å². The highest BCUT2D eigenvalue weighted by molar-refractivity contribution is 5.73. The third kappa shape index (κ3) is 3.66. The maximum Gasteiger partial charge on any atom is 0.223 e. The van der Waals surface area contributed by atoms with Gasteiger partial charge in [0, 0.05) is 39.5 Å². The molecule has 1 atom stereocenters. The number of hydrogen-bond acceptors (Lipinski definition) is 5. The molecule has 1 saturated carbocycles. The fourth-order valence-electron chi connectivity index (χ4n) is 3.85. The van der Waals surface area contributed by atoms with Crippen molar-refractivity contribution in [2.45, 2.75) is 58.5 Å². The second-order valence-electron chi connectivity index (χ2n) is 6.73. The minimum Gasteiger partial charge on any atom is -0.340 e. The van der Waals surface area contributed by atoms with Crippen LogP contribution in [0.1, 0.15) is 50.7 Å². The topological polar surface area (TPSA) is 62.5 Å². The van der Waals surface area contributed by atoms with Gasteiger partial charge in [-0.05, 0) is 25.2 Å². The lowest BCUT2D eigenvalue weighted by atomic mass is 10.1. The number of carbonyl (C=O) groups excluding carboxylic acids is 1. The first-order chi connectivity index (χ1) is 10.6. The molecule has 1 aromatic heterocycles. The summed E-state index contributed by atoms with van der Waals surface area (Å²) in [6.45, 7) is 7.13. The Morgan fingerprint density at radius 1 is 1.36 bits per heavy atom. The largest absolute Gasteiger partial charge is 0.340 e. The molecule has 0 spiro atoms. The van der Waals surface area contributed by atoms with Crippen LogP contribution in [0.25, 0.3) is 0 Å². The van der Waals surface area contributed by atoms with E-state index in [9.17, 15) is 4.79 Å². The van der Waals surface area contributed by atoms with E-state index in [2.05, 4.69) is 15.0 Å². The van der Waals surface area contributed by atoms with Gasteiger partial charge in [-0.3, -0.25) is 4.79 Å². The van der Waals surface area contributed by atoms with Gasteiger partial charge in [-0.1, -0.05) is 18.0 Å². The van der Waals surface area contributed by atoms with E-state index in [0.717, 1.165) is 25.4 Å². The summed E-state index contributed by atoms with van der Waals surface area (Å²) in [5.74, 6) is 2.11. The van der Waals surface area contributed by atoms with E-state index in [1.54, 1.807) is 13.8 Å². The maximum atomic E-state index is 12.0. The van der Waals surface area contributed by atoms with Crippen molar-refractivity contribution >= 4 is 5.91 Å². The van der Waals surface area contributed by atoms with Gasteiger partial charge in [-0.2, -0.15) is 4.98 Å². The van der Waals surface area contributed by atoms with Crippen LogP contribution in [-0.4, -0.2) is 51.5 Å². The van der Waals surface area contributed by atoms with Crippen LogP contribution in [0.4, 0.5) is 0 Å². The summed E-state index contributed by atoms with van der Waals surface area (Å²) in [6, 6.07) is 0.276. The average molecular weight is 306 g/mol. The molecule has 6 heteroatoms. The van der Waals surface area contributed by atoms with Gasteiger partial charge in [0.25, 0.3) is 0 Å². The Morgan fingerprint density at radius 2 is 2.14 bits per heavy atom. The molecule has 0 aromatic carbocycles. The number of aromatic nitrogens is 2. The lowest BCUT2D eigenvalue weighted by molar-refractivity contribution is -0.131. The monoisotopic (exact) mass is 306 g/mol. The van der Waals surface area contributed by atoms with Crippen LogP contribution < -0.4 is 0 Å². The van der Waals surface area contributed by atoms with Crippen molar-refractivity contribution < 1.29 is 9.32 Å². The summed E-state index contributed by atoms with van der Waals surface area (Å²) in [7, 11) is 0. The molecule has 2 fully saturated rings. The zero-order chi connectivity index (χ0) is 15.5. The molecule has 1 aromatic rings. The summed E-state index contributed by atoms with van der Waals surface area (Å²) >= 11 is 0. The van der Waals surface area contributed by atoms with Gasteiger partial charge in [0.2, 0.25) is 11.8 Å². The molecule has 122 valence electrons. The van der Waals surface area contributed by atoms with Gasteiger partial charge < -0.3 is 14.3 Å². The Bertz CT molecular complexity index is 510. The standard InChI is InChI=1S/C16H26N4O2/c1-12-17-16(18-22-12)11-20(13(2)21)15-7-8-19(10-15)9-14-5-3-4-6-14/h14-15H,3-11H2,1-2H3/t15-/m0/s1. The van der Waals surface area contributed by atoms with Gasteiger partial charge in [0.1, 0.15) is 0 Å². The zero-order valence-corrected chi connectivity index (χ0v) is 13.6. The zero-order valence-electron chi connectivity index (χ0n) is 13.6. The molecular formula is C16H26N4O2. The Hall–Kier alpha value is -1.43. The normalized spacial score (nSPS) is 23.3. The molecule has 2 aliphatic rings. The van der Waals surface area contributed by atoms with Gasteiger partial charge >= 0.3 is 0 Å². The molecule has 0 N–H and O–H groups in total. The summed E-state index contributed by atoms with van der Waals surface area (Å²) in [5.41, 5.74) is 0. The number of rotatable bonds is 5. The van der Waals surface area contributed by atoms with Crippen LogP contribution in [0.3, 0.4) is 0 Å².